The van der Waals surface area contributed by atoms with Gasteiger partial charge in [-0.1, -0.05) is 112 Å². The van der Waals surface area contributed by atoms with Crippen LogP contribution in [0.3, 0.4) is 0 Å². The molecule has 2 aliphatic rings. The van der Waals surface area contributed by atoms with Gasteiger partial charge in [0.15, 0.2) is 0 Å². The smallest absolute Gasteiger partial charge is 0.0735 e. The van der Waals surface area contributed by atoms with E-state index >= 15 is 0 Å². The number of nitrogens with two attached hydrogens (primary N) is 1. The van der Waals surface area contributed by atoms with E-state index in [2.05, 4.69) is 107 Å². The molecule has 0 saturated carbocycles. The molecule has 0 spiro atoms. The van der Waals surface area contributed by atoms with Gasteiger partial charge in [0.1, 0.15) is 0 Å². The quantitative estimate of drug-likeness (QED) is 0.468. The van der Waals surface area contributed by atoms with Crippen LogP contribution in [0.5, 0.6) is 0 Å². The molecule has 2 aromatic carbocycles. The highest BCUT2D eigenvalue weighted by Crippen LogP contribution is 2.60. The highest BCUT2D eigenvalue weighted by atomic mass is 14.8. The third-order valence-electron chi connectivity index (χ3n) is 7.98. The Morgan fingerprint density at radius 1 is 0.806 bits per heavy atom. The van der Waals surface area contributed by atoms with Gasteiger partial charge in [-0.15, -0.1) is 0 Å². The molecule has 0 radical (unpaired) electrons. The first-order chi connectivity index (χ1) is 15.1. The largest absolute Gasteiger partial charge is 0.317 e. The first-order valence-electron chi connectivity index (χ1n) is 12.1. The normalized spacial score (nSPS) is 25.5. The van der Waals surface area contributed by atoms with Crippen LogP contribution in [0, 0.1) is 17.3 Å². The van der Waals surface area contributed by atoms with Crippen LogP contribution in [0.2, 0.25) is 0 Å². The summed E-state index contributed by atoms with van der Waals surface area (Å²) in [4.78, 5) is 0. The fourth-order valence-electron chi connectivity index (χ4n) is 6.47. The molecule has 0 aliphatic heterocycles. The summed E-state index contributed by atoms with van der Waals surface area (Å²) in [7, 11) is 0. The van der Waals surface area contributed by atoms with Crippen molar-refractivity contribution in [3.63, 3.8) is 0 Å². The molecule has 2 aliphatic carbocycles. The van der Waals surface area contributed by atoms with Crippen molar-refractivity contribution in [1.82, 2.24) is 0 Å². The first kappa shape index (κ1) is 21.8. The van der Waals surface area contributed by atoms with E-state index in [1.54, 1.807) is 11.1 Å². The van der Waals surface area contributed by atoms with Gasteiger partial charge in [-0.05, 0) is 53.9 Å². The van der Waals surface area contributed by atoms with Crippen molar-refractivity contribution >= 4 is 0 Å². The summed E-state index contributed by atoms with van der Waals surface area (Å²) < 4.78 is 0. The van der Waals surface area contributed by atoms with E-state index in [1.807, 2.05) is 0 Å². The topological polar surface area (TPSA) is 26.0 Å². The summed E-state index contributed by atoms with van der Waals surface area (Å²) >= 11 is 0. The molecule has 1 heteroatoms. The Morgan fingerprint density at radius 3 is 1.84 bits per heavy atom. The second kappa shape index (κ2) is 8.63. The van der Waals surface area contributed by atoms with Crippen LogP contribution < -0.4 is 5.73 Å². The Labute approximate surface area is 188 Å². The van der Waals surface area contributed by atoms with Gasteiger partial charge in [-0.2, -0.15) is 0 Å². The van der Waals surface area contributed by atoms with E-state index in [9.17, 15) is 0 Å². The average Bonchev–Trinajstić information content (AvgIpc) is 3.23. The molecule has 1 nitrogen and oxygen atoms in total. The van der Waals surface area contributed by atoms with Gasteiger partial charge in [0, 0.05) is 11.3 Å². The molecule has 0 fully saturated rings. The van der Waals surface area contributed by atoms with Crippen molar-refractivity contribution < 1.29 is 0 Å². The lowest BCUT2D eigenvalue weighted by Crippen LogP contribution is -2.49. The van der Waals surface area contributed by atoms with Crippen molar-refractivity contribution in [2.75, 3.05) is 0 Å². The lowest BCUT2D eigenvalue weighted by atomic mass is 9.57. The summed E-state index contributed by atoms with van der Waals surface area (Å²) in [5.74, 6) is 0.585. The molecule has 162 valence electrons. The monoisotopic (exact) mass is 411 g/mol. The lowest BCUT2D eigenvalue weighted by Gasteiger charge is -2.47. The maximum absolute atomic E-state index is 7.51. The molecule has 31 heavy (non-hydrogen) atoms. The highest BCUT2D eigenvalue weighted by Gasteiger charge is 2.53. The van der Waals surface area contributed by atoms with E-state index in [0.717, 1.165) is 25.7 Å². The molecular weight excluding hydrogens is 374 g/mol. The van der Waals surface area contributed by atoms with Crippen molar-refractivity contribution in [1.29, 1.82) is 0 Å². The van der Waals surface area contributed by atoms with Crippen LogP contribution in [0.4, 0.5) is 0 Å². The van der Waals surface area contributed by atoms with E-state index in [0.29, 0.717) is 5.92 Å². The Hall–Kier alpha value is -2.38. The Morgan fingerprint density at radius 2 is 1.39 bits per heavy atom. The van der Waals surface area contributed by atoms with Crippen molar-refractivity contribution in [3.8, 4) is 0 Å². The van der Waals surface area contributed by atoms with Crippen LogP contribution in [-0.4, -0.2) is 0 Å². The minimum atomic E-state index is -0.571. The van der Waals surface area contributed by atoms with E-state index in [-0.39, 0.29) is 11.3 Å². The minimum absolute atomic E-state index is 0.0810. The number of fused-ring (bicyclic) bond motifs is 1. The van der Waals surface area contributed by atoms with Gasteiger partial charge in [-0.25, -0.2) is 0 Å². The zero-order chi connectivity index (χ0) is 22.1. The summed E-state index contributed by atoms with van der Waals surface area (Å²) in [6, 6.07) is 21.4. The molecule has 3 unspecified atom stereocenters. The van der Waals surface area contributed by atoms with E-state index < -0.39 is 5.54 Å². The standard InChI is InChI=1S/C30H37N/c1-5-22-21-28-27(19-20-29(28,8-4)26(7-3)25(22)6-2)30(31,23-15-11-9-12-16-23)24-17-13-10-14-18-24/h9-21,27-28H,5-8,31H2,1-4H3. The first-order valence-corrected chi connectivity index (χ1v) is 12.1. The molecule has 2 N–H and O–H groups in total. The van der Waals surface area contributed by atoms with Gasteiger partial charge in [0.05, 0.1) is 5.54 Å². The lowest BCUT2D eigenvalue weighted by molar-refractivity contribution is 0.218. The van der Waals surface area contributed by atoms with E-state index in [1.165, 1.54) is 16.7 Å². The van der Waals surface area contributed by atoms with Crippen molar-refractivity contribution in [2.24, 2.45) is 23.0 Å². The van der Waals surface area contributed by atoms with Crippen molar-refractivity contribution in [3.05, 3.63) is 107 Å². The van der Waals surface area contributed by atoms with Crippen LogP contribution in [0.15, 0.2) is 95.6 Å². The second-order valence-corrected chi connectivity index (χ2v) is 9.12. The third-order valence-corrected chi connectivity index (χ3v) is 7.98. The van der Waals surface area contributed by atoms with Crippen LogP contribution in [-0.2, 0) is 5.54 Å². The SMILES string of the molecule is CCC1=CC2C(C(N)(c3ccccc3)c3ccccc3)C=CC2(CC)C(CC)=C1CC. The zero-order valence-corrected chi connectivity index (χ0v) is 19.6. The number of rotatable bonds is 7. The summed E-state index contributed by atoms with van der Waals surface area (Å²) in [5, 5.41) is 0. The van der Waals surface area contributed by atoms with Gasteiger partial charge >= 0.3 is 0 Å². The predicted octanol–water partition coefficient (Wildman–Crippen LogP) is 7.55. The van der Waals surface area contributed by atoms with Crippen molar-refractivity contribution in [2.45, 2.75) is 58.9 Å². The maximum atomic E-state index is 7.51. The van der Waals surface area contributed by atoms with Gasteiger partial charge in [-0.3, -0.25) is 0 Å². The predicted molar refractivity (Wildman–Crippen MR) is 133 cm³/mol. The Kier molecular flexibility index (Phi) is 6.08. The molecule has 0 heterocycles. The van der Waals surface area contributed by atoms with Crippen LogP contribution in [0.25, 0.3) is 0 Å². The van der Waals surface area contributed by atoms with Gasteiger partial charge in [0.25, 0.3) is 0 Å². The van der Waals surface area contributed by atoms with Gasteiger partial charge in [0.2, 0.25) is 0 Å². The molecule has 2 aromatic rings. The Bertz CT molecular complexity index is 956. The Balaban J connectivity index is 1.93. The highest BCUT2D eigenvalue weighted by molar-refractivity contribution is 5.51. The third kappa shape index (κ3) is 3.26. The molecule has 0 saturated heterocycles. The summed E-state index contributed by atoms with van der Waals surface area (Å²) in [6.07, 6.45) is 12.0. The molecule has 0 bridgehead atoms. The second-order valence-electron chi connectivity index (χ2n) is 9.12. The average molecular weight is 412 g/mol. The number of benzene rings is 2. The summed E-state index contributed by atoms with van der Waals surface area (Å²) in [5.41, 5.74) is 14.2. The van der Waals surface area contributed by atoms with Gasteiger partial charge < -0.3 is 5.73 Å². The number of hydrogen-bond acceptors (Lipinski definition) is 1. The molecule has 0 amide bonds. The maximum Gasteiger partial charge on any atom is 0.0735 e. The van der Waals surface area contributed by atoms with E-state index in [4.69, 9.17) is 5.73 Å². The minimum Gasteiger partial charge on any atom is -0.317 e. The van der Waals surface area contributed by atoms with Crippen LogP contribution >= 0.6 is 0 Å². The fourth-order valence-corrected chi connectivity index (χ4v) is 6.47. The zero-order valence-electron chi connectivity index (χ0n) is 19.6. The summed E-state index contributed by atoms with van der Waals surface area (Å²) in [6.45, 7) is 9.31. The van der Waals surface area contributed by atoms with Crippen LogP contribution in [0.1, 0.15) is 64.5 Å². The molecule has 4 rings (SSSR count). The molecule has 0 aromatic heterocycles. The number of allylic oxidation sites excluding steroid dienone is 5. The number of hydrogen-bond donors (Lipinski definition) is 1. The fraction of sp³-hybridized carbons (Fsp3) is 0.400. The molecular formula is C30H37N. The molecule has 3 atom stereocenters.